The van der Waals surface area contributed by atoms with Crippen molar-refractivity contribution >= 4 is 15.9 Å². The first-order valence-electron chi connectivity index (χ1n) is 8.81. The fraction of sp³-hybridized carbons (Fsp3) is 0.368. The Morgan fingerprint density at radius 1 is 1.00 bits per heavy atom. The highest BCUT2D eigenvalue weighted by atomic mass is 32.2. The standard InChI is InChI=1S/C19H24N3O3S/c1-2-17-8-10-20(11-9-17)16-19(23)21-12-14-22(15-13-21)26(24,25)18-6-4-3-5-7-18/h3-11H,2,12-16H2,1H3/q+1. The third-order valence-corrected chi connectivity index (χ3v) is 6.57. The molecule has 6 nitrogen and oxygen atoms in total. The van der Waals surface area contributed by atoms with Crippen LogP contribution in [0.25, 0.3) is 0 Å². The zero-order valence-corrected chi connectivity index (χ0v) is 15.7. The molecule has 0 bridgehead atoms. The van der Waals surface area contributed by atoms with Gasteiger partial charge in [0.25, 0.3) is 5.91 Å². The van der Waals surface area contributed by atoms with E-state index in [0.29, 0.717) is 31.1 Å². The number of aryl methyl sites for hydroxylation is 1. The number of rotatable bonds is 5. The monoisotopic (exact) mass is 374 g/mol. The molecule has 1 aliphatic heterocycles. The Balaban J connectivity index is 1.58. The van der Waals surface area contributed by atoms with E-state index in [9.17, 15) is 13.2 Å². The van der Waals surface area contributed by atoms with Crippen LogP contribution in [-0.2, 0) is 27.8 Å². The van der Waals surface area contributed by atoms with Gasteiger partial charge in [0.1, 0.15) is 0 Å². The zero-order valence-electron chi connectivity index (χ0n) is 14.9. The summed E-state index contributed by atoms with van der Waals surface area (Å²) in [5.41, 5.74) is 1.23. The third kappa shape index (κ3) is 4.11. The van der Waals surface area contributed by atoms with E-state index in [0.717, 1.165) is 6.42 Å². The summed E-state index contributed by atoms with van der Waals surface area (Å²) >= 11 is 0. The molecule has 2 heterocycles. The summed E-state index contributed by atoms with van der Waals surface area (Å²) < 4.78 is 28.6. The summed E-state index contributed by atoms with van der Waals surface area (Å²) in [4.78, 5) is 14.5. The van der Waals surface area contributed by atoms with E-state index in [1.807, 2.05) is 29.1 Å². The van der Waals surface area contributed by atoms with E-state index >= 15 is 0 Å². The molecule has 0 aliphatic carbocycles. The van der Waals surface area contributed by atoms with E-state index in [4.69, 9.17) is 0 Å². The second-order valence-corrected chi connectivity index (χ2v) is 8.27. The average Bonchev–Trinajstić information content (AvgIpc) is 2.69. The maximum absolute atomic E-state index is 12.6. The van der Waals surface area contributed by atoms with Gasteiger partial charge in [-0.25, -0.2) is 8.42 Å². The highest BCUT2D eigenvalue weighted by Gasteiger charge is 2.30. The van der Waals surface area contributed by atoms with E-state index in [-0.39, 0.29) is 12.5 Å². The van der Waals surface area contributed by atoms with Gasteiger partial charge < -0.3 is 4.90 Å². The first-order chi connectivity index (χ1) is 12.5. The number of aromatic nitrogens is 1. The Bertz CT molecular complexity index is 843. The number of nitrogens with zero attached hydrogens (tertiary/aromatic N) is 3. The van der Waals surface area contributed by atoms with Gasteiger partial charge in [0.15, 0.2) is 12.4 Å². The quantitative estimate of drug-likeness (QED) is 0.736. The molecule has 1 amide bonds. The van der Waals surface area contributed by atoms with Crippen LogP contribution in [0.4, 0.5) is 0 Å². The molecule has 0 N–H and O–H groups in total. The number of piperazine rings is 1. The van der Waals surface area contributed by atoms with Gasteiger partial charge in [0.05, 0.1) is 4.90 Å². The third-order valence-electron chi connectivity index (χ3n) is 4.66. The summed E-state index contributed by atoms with van der Waals surface area (Å²) in [6.07, 6.45) is 4.78. The van der Waals surface area contributed by atoms with Crippen LogP contribution >= 0.6 is 0 Å². The topological polar surface area (TPSA) is 61.6 Å². The van der Waals surface area contributed by atoms with Crippen molar-refractivity contribution in [2.75, 3.05) is 26.2 Å². The van der Waals surface area contributed by atoms with Crippen molar-refractivity contribution in [3.63, 3.8) is 0 Å². The number of pyridine rings is 1. The minimum atomic E-state index is -3.49. The van der Waals surface area contributed by atoms with Crippen LogP contribution in [0.15, 0.2) is 59.8 Å². The van der Waals surface area contributed by atoms with Gasteiger partial charge in [-0.1, -0.05) is 25.1 Å². The van der Waals surface area contributed by atoms with E-state index < -0.39 is 10.0 Å². The molecule has 0 radical (unpaired) electrons. The molecular formula is C19H24N3O3S+. The van der Waals surface area contributed by atoms with Gasteiger partial charge >= 0.3 is 0 Å². The normalized spacial score (nSPS) is 15.8. The number of sulfonamides is 1. The highest BCUT2D eigenvalue weighted by molar-refractivity contribution is 7.89. The van der Waals surface area contributed by atoms with Gasteiger partial charge in [0.2, 0.25) is 16.6 Å². The van der Waals surface area contributed by atoms with Crippen LogP contribution in [0, 0.1) is 0 Å². The van der Waals surface area contributed by atoms with Gasteiger partial charge in [-0.15, -0.1) is 0 Å². The first kappa shape index (κ1) is 18.5. The van der Waals surface area contributed by atoms with E-state index in [1.165, 1.54) is 9.87 Å². The van der Waals surface area contributed by atoms with Gasteiger partial charge in [-0.3, -0.25) is 4.79 Å². The lowest BCUT2D eigenvalue weighted by Gasteiger charge is -2.33. The minimum absolute atomic E-state index is 0.0102. The predicted octanol–water partition coefficient (Wildman–Crippen LogP) is 1.07. The zero-order chi connectivity index (χ0) is 18.6. The fourth-order valence-corrected chi connectivity index (χ4v) is 4.45. The molecular weight excluding hydrogens is 350 g/mol. The summed E-state index contributed by atoms with van der Waals surface area (Å²) in [6, 6.07) is 12.4. The summed E-state index contributed by atoms with van der Waals surface area (Å²) in [5.74, 6) is 0.0102. The van der Waals surface area contributed by atoms with Gasteiger partial charge in [-0.2, -0.15) is 8.87 Å². The van der Waals surface area contributed by atoms with Crippen molar-refractivity contribution in [3.05, 3.63) is 60.4 Å². The Morgan fingerprint density at radius 3 is 2.19 bits per heavy atom. The van der Waals surface area contributed by atoms with Crippen LogP contribution in [0.1, 0.15) is 12.5 Å². The van der Waals surface area contributed by atoms with Crippen LogP contribution in [0.5, 0.6) is 0 Å². The van der Waals surface area contributed by atoms with Gasteiger partial charge in [-0.05, 0) is 24.1 Å². The molecule has 26 heavy (non-hydrogen) atoms. The molecule has 2 aromatic rings. The molecule has 3 rings (SSSR count). The van der Waals surface area contributed by atoms with Crippen LogP contribution < -0.4 is 4.57 Å². The number of benzene rings is 1. The molecule has 138 valence electrons. The highest BCUT2D eigenvalue weighted by Crippen LogP contribution is 2.17. The van der Waals surface area contributed by atoms with Crippen molar-refractivity contribution in [2.45, 2.75) is 24.8 Å². The average molecular weight is 374 g/mol. The molecule has 1 aromatic carbocycles. The molecule has 1 aliphatic rings. The predicted molar refractivity (Wildman–Crippen MR) is 97.8 cm³/mol. The lowest BCUT2D eigenvalue weighted by molar-refractivity contribution is -0.685. The van der Waals surface area contributed by atoms with Crippen molar-refractivity contribution in [1.82, 2.24) is 9.21 Å². The van der Waals surface area contributed by atoms with Crippen molar-refractivity contribution in [3.8, 4) is 0 Å². The molecule has 0 atom stereocenters. The molecule has 1 saturated heterocycles. The number of hydrogen-bond acceptors (Lipinski definition) is 3. The lowest BCUT2D eigenvalue weighted by atomic mass is 10.2. The van der Waals surface area contributed by atoms with Crippen molar-refractivity contribution < 1.29 is 17.8 Å². The molecule has 0 saturated carbocycles. The number of hydrogen-bond donors (Lipinski definition) is 0. The van der Waals surface area contributed by atoms with Crippen LogP contribution in [-0.4, -0.2) is 49.7 Å². The molecule has 0 unspecified atom stereocenters. The SMILES string of the molecule is CCc1cc[n+](CC(=O)N2CCN(S(=O)(=O)c3ccccc3)CC2)cc1. The maximum Gasteiger partial charge on any atom is 0.288 e. The number of carbonyl (C=O) groups excluding carboxylic acids is 1. The van der Waals surface area contributed by atoms with Crippen molar-refractivity contribution in [2.24, 2.45) is 0 Å². The van der Waals surface area contributed by atoms with Crippen LogP contribution in [0.2, 0.25) is 0 Å². The van der Waals surface area contributed by atoms with Crippen molar-refractivity contribution in [1.29, 1.82) is 0 Å². The molecule has 1 aromatic heterocycles. The smallest absolute Gasteiger partial charge is 0.288 e. The Hall–Kier alpha value is -2.25. The molecule has 1 fully saturated rings. The molecule has 0 spiro atoms. The van der Waals surface area contributed by atoms with Gasteiger partial charge in [0, 0.05) is 38.3 Å². The summed E-state index contributed by atoms with van der Waals surface area (Å²) in [6.45, 7) is 3.84. The Morgan fingerprint density at radius 2 is 1.62 bits per heavy atom. The molecule has 7 heteroatoms. The first-order valence-corrected chi connectivity index (χ1v) is 10.3. The second kappa shape index (κ2) is 7.97. The number of carbonyl (C=O) groups is 1. The van der Waals surface area contributed by atoms with Crippen LogP contribution in [0.3, 0.4) is 0 Å². The van der Waals surface area contributed by atoms with E-state index in [1.54, 1.807) is 35.2 Å². The minimum Gasteiger partial charge on any atom is -0.335 e. The Labute approximate surface area is 154 Å². The summed E-state index contributed by atoms with van der Waals surface area (Å²) in [7, 11) is -3.49. The summed E-state index contributed by atoms with van der Waals surface area (Å²) in [5, 5.41) is 0. The largest absolute Gasteiger partial charge is 0.335 e. The fourth-order valence-electron chi connectivity index (χ4n) is 3.00. The van der Waals surface area contributed by atoms with E-state index in [2.05, 4.69) is 6.92 Å². The maximum atomic E-state index is 12.6. The second-order valence-electron chi connectivity index (χ2n) is 6.33. The lowest BCUT2D eigenvalue weighted by Crippen LogP contribution is -2.53. The Kier molecular flexibility index (Phi) is 5.68. The number of amides is 1.